The fraction of sp³-hybridized carbons (Fsp3) is 0.391. The molecule has 2 aliphatic carbocycles. The van der Waals surface area contributed by atoms with E-state index in [2.05, 4.69) is 25.6 Å². The molecule has 7 heteroatoms. The van der Waals surface area contributed by atoms with Crippen LogP contribution in [0.15, 0.2) is 48.9 Å². The number of aliphatic hydroxyl groups excluding tert-OH is 1. The molecule has 7 nitrogen and oxygen atoms in total. The van der Waals surface area contributed by atoms with E-state index in [0.717, 1.165) is 49.5 Å². The molecular formula is C23H25N5O2. The standard InChI is InChI=1S/C23H25N5O2/c29-18-6-4-17(5-7-18)26-22-25-14-15-2-1-3-19(20(15)27-22)21(30)28-23(10-11-23)16-8-12-24-13-9-16/h1-3,8-9,12-14,17-18,29H,4-7,10-11H2,(H,28,30)(H,25,26,27)/t17-,18-. The van der Waals surface area contributed by atoms with Gasteiger partial charge in [0.15, 0.2) is 0 Å². The summed E-state index contributed by atoms with van der Waals surface area (Å²) in [6.07, 6.45) is 10.3. The molecular weight excluding hydrogens is 378 g/mol. The quantitative estimate of drug-likeness (QED) is 0.605. The highest BCUT2D eigenvalue weighted by Gasteiger charge is 2.45. The van der Waals surface area contributed by atoms with E-state index in [4.69, 9.17) is 0 Å². The Labute approximate surface area is 175 Å². The maximum absolute atomic E-state index is 13.2. The van der Waals surface area contributed by atoms with Gasteiger partial charge in [0.1, 0.15) is 0 Å². The fourth-order valence-corrected chi connectivity index (χ4v) is 4.28. The second-order valence-electron chi connectivity index (χ2n) is 8.36. The van der Waals surface area contributed by atoms with Crippen LogP contribution in [0.5, 0.6) is 0 Å². The Hall–Kier alpha value is -3.06. The van der Waals surface area contributed by atoms with Gasteiger partial charge in [-0.3, -0.25) is 9.78 Å². The molecule has 0 atom stereocenters. The number of hydrogen-bond donors (Lipinski definition) is 3. The van der Waals surface area contributed by atoms with E-state index in [0.29, 0.717) is 17.0 Å². The second-order valence-corrected chi connectivity index (χ2v) is 8.36. The van der Waals surface area contributed by atoms with Crippen molar-refractivity contribution < 1.29 is 9.90 Å². The van der Waals surface area contributed by atoms with Crippen molar-refractivity contribution in [2.45, 2.75) is 56.2 Å². The average Bonchev–Trinajstić information content (AvgIpc) is 3.56. The van der Waals surface area contributed by atoms with Gasteiger partial charge in [-0.25, -0.2) is 9.97 Å². The molecule has 1 amide bonds. The van der Waals surface area contributed by atoms with Crippen molar-refractivity contribution in [3.8, 4) is 0 Å². The first kappa shape index (κ1) is 18.9. The largest absolute Gasteiger partial charge is 0.393 e. The number of aromatic nitrogens is 3. The lowest BCUT2D eigenvalue weighted by Gasteiger charge is -2.26. The number of fused-ring (bicyclic) bond motifs is 1. The minimum absolute atomic E-state index is 0.125. The summed E-state index contributed by atoms with van der Waals surface area (Å²) in [6.45, 7) is 0. The fourth-order valence-electron chi connectivity index (χ4n) is 4.28. The number of amides is 1. The Balaban J connectivity index is 1.39. The highest BCUT2D eigenvalue weighted by atomic mass is 16.3. The number of hydrogen-bond acceptors (Lipinski definition) is 6. The maximum Gasteiger partial charge on any atom is 0.254 e. The number of carbonyl (C=O) groups is 1. The molecule has 0 spiro atoms. The summed E-state index contributed by atoms with van der Waals surface area (Å²) >= 11 is 0. The van der Waals surface area contributed by atoms with Gasteiger partial charge in [-0.05, 0) is 62.3 Å². The van der Waals surface area contributed by atoms with Crippen LogP contribution < -0.4 is 10.6 Å². The summed E-state index contributed by atoms with van der Waals surface area (Å²) in [5.74, 6) is 0.403. The van der Waals surface area contributed by atoms with Crippen molar-refractivity contribution in [1.29, 1.82) is 0 Å². The molecule has 1 aromatic carbocycles. The van der Waals surface area contributed by atoms with Gasteiger partial charge >= 0.3 is 0 Å². The van der Waals surface area contributed by atoms with Crippen LogP contribution in [0.1, 0.15) is 54.4 Å². The molecule has 2 aromatic heterocycles. The molecule has 0 aliphatic heterocycles. The summed E-state index contributed by atoms with van der Waals surface area (Å²) in [5.41, 5.74) is 1.98. The predicted molar refractivity (Wildman–Crippen MR) is 114 cm³/mol. The number of aliphatic hydroxyl groups is 1. The highest BCUT2D eigenvalue weighted by Crippen LogP contribution is 2.45. The van der Waals surface area contributed by atoms with Crippen LogP contribution in [0.25, 0.3) is 10.9 Å². The van der Waals surface area contributed by atoms with Crippen LogP contribution in [0, 0.1) is 0 Å². The monoisotopic (exact) mass is 403 g/mol. The highest BCUT2D eigenvalue weighted by molar-refractivity contribution is 6.06. The molecule has 3 N–H and O–H groups in total. The SMILES string of the molecule is O=C(NC1(c2ccncc2)CC1)c1cccc2cnc(N[C@H]3CC[C@H](O)CC3)nc12. The van der Waals surface area contributed by atoms with Gasteiger partial charge in [0, 0.05) is 30.0 Å². The zero-order valence-electron chi connectivity index (χ0n) is 16.7. The van der Waals surface area contributed by atoms with Crippen LogP contribution in [-0.2, 0) is 5.54 Å². The van der Waals surface area contributed by atoms with Crippen molar-refractivity contribution >= 4 is 22.8 Å². The number of nitrogens with zero attached hydrogens (tertiary/aromatic N) is 3. The molecule has 2 aliphatic rings. The van der Waals surface area contributed by atoms with Gasteiger partial charge in [-0.15, -0.1) is 0 Å². The molecule has 30 heavy (non-hydrogen) atoms. The van der Waals surface area contributed by atoms with Gasteiger partial charge in [-0.1, -0.05) is 12.1 Å². The summed E-state index contributed by atoms with van der Waals surface area (Å²) in [7, 11) is 0. The number of carbonyl (C=O) groups excluding carboxylic acids is 1. The van der Waals surface area contributed by atoms with Gasteiger partial charge in [0.05, 0.1) is 22.7 Å². The number of rotatable bonds is 5. The first-order valence-electron chi connectivity index (χ1n) is 10.6. The van der Waals surface area contributed by atoms with Crippen LogP contribution in [-0.4, -0.2) is 38.1 Å². The number of para-hydroxylation sites is 1. The number of pyridine rings is 1. The predicted octanol–water partition coefficient (Wildman–Crippen LogP) is 3.16. The van der Waals surface area contributed by atoms with Crippen molar-refractivity contribution in [1.82, 2.24) is 20.3 Å². The molecule has 154 valence electrons. The summed E-state index contributed by atoms with van der Waals surface area (Å²) in [6, 6.07) is 9.76. The summed E-state index contributed by atoms with van der Waals surface area (Å²) < 4.78 is 0. The Bertz CT molecular complexity index is 1060. The number of nitrogens with one attached hydrogen (secondary N) is 2. The summed E-state index contributed by atoms with van der Waals surface area (Å²) in [5, 5.41) is 17.1. The van der Waals surface area contributed by atoms with E-state index in [1.54, 1.807) is 18.6 Å². The lowest BCUT2D eigenvalue weighted by molar-refractivity contribution is 0.0932. The Morgan fingerprint density at radius 2 is 1.83 bits per heavy atom. The minimum Gasteiger partial charge on any atom is -0.393 e. The topological polar surface area (TPSA) is 100 Å². The summed E-state index contributed by atoms with van der Waals surface area (Å²) in [4.78, 5) is 26.4. The maximum atomic E-state index is 13.2. The normalized spacial score (nSPS) is 22.4. The van der Waals surface area contributed by atoms with Crippen LogP contribution in [0.4, 0.5) is 5.95 Å². The van der Waals surface area contributed by atoms with E-state index in [1.165, 1.54) is 0 Å². The molecule has 2 saturated carbocycles. The Morgan fingerprint density at radius 1 is 1.07 bits per heavy atom. The number of benzene rings is 1. The Morgan fingerprint density at radius 3 is 2.57 bits per heavy atom. The molecule has 0 radical (unpaired) electrons. The van der Waals surface area contributed by atoms with Gasteiger partial charge in [0.2, 0.25) is 5.95 Å². The van der Waals surface area contributed by atoms with E-state index < -0.39 is 0 Å². The lowest BCUT2D eigenvalue weighted by atomic mass is 9.93. The average molecular weight is 403 g/mol. The first-order valence-corrected chi connectivity index (χ1v) is 10.6. The minimum atomic E-state index is -0.306. The van der Waals surface area contributed by atoms with Crippen molar-refractivity contribution in [2.75, 3.05) is 5.32 Å². The van der Waals surface area contributed by atoms with Crippen molar-refractivity contribution in [2.24, 2.45) is 0 Å². The van der Waals surface area contributed by atoms with Crippen molar-refractivity contribution in [3.63, 3.8) is 0 Å². The third kappa shape index (κ3) is 3.73. The molecule has 0 unspecified atom stereocenters. The first-order chi connectivity index (χ1) is 14.6. The number of anilines is 1. The third-order valence-electron chi connectivity index (χ3n) is 6.22. The zero-order chi connectivity index (χ0) is 20.6. The van der Waals surface area contributed by atoms with Gasteiger partial charge < -0.3 is 15.7 Å². The molecule has 5 rings (SSSR count). The van der Waals surface area contributed by atoms with Crippen molar-refractivity contribution in [3.05, 3.63) is 60.0 Å². The molecule has 0 saturated heterocycles. The smallest absolute Gasteiger partial charge is 0.254 e. The second kappa shape index (κ2) is 7.65. The molecule has 0 bridgehead atoms. The van der Waals surface area contributed by atoms with E-state index in [-0.39, 0.29) is 23.6 Å². The zero-order valence-corrected chi connectivity index (χ0v) is 16.7. The van der Waals surface area contributed by atoms with Crippen LogP contribution in [0.2, 0.25) is 0 Å². The Kier molecular flexibility index (Phi) is 4.83. The van der Waals surface area contributed by atoms with E-state index >= 15 is 0 Å². The van der Waals surface area contributed by atoms with Crippen LogP contribution >= 0.6 is 0 Å². The van der Waals surface area contributed by atoms with Gasteiger partial charge in [0.25, 0.3) is 5.91 Å². The van der Waals surface area contributed by atoms with Gasteiger partial charge in [-0.2, -0.15) is 0 Å². The lowest BCUT2D eigenvalue weighted by Crippen LogP contribution is -2.35. The molecule has 2 fully saturated rings. The van der Waals surface area contributed by atoms with Crippen LogP contribution in [0.3, 0.4) is 0 Å². The van der Waals surface area contributed by atoms with E-state index in [1.807, 2.05) is 30.3 Å². The molecule has 2 heterocycles. The van der Waals surface area contributed by atoms with E-state index in [9.17, 15) is 9.90 Å². The third-order valence-corrected chi connectivity index (χ3v) is 6.22. The molecule has 3 aromatic rings.